The SMILES string of the molecule is N#Cc1cc(C2=C[C@@H]3CN[C@@H]3C2)cnc1Cl. The lowest BCUT2D eigenvalue weighted by molar-refractivity contribution is 0.306. The molecule has 1 N–H and O–H groups in total. The summed E-state index contributed by atoms with van der Waals surface area (Å²) in [6.07, 6.45) is 5.06. The van der Waals surface area contributed by atoms with E-state index in [0.29, 0.717) is 17.5 Å². The zero-order valence-corrected chi connectivity index (χ0v) is 9.33. The van der Waals surface area contributed by atoms with Gasteiger partial charge in [-0.1, -0.05) is 17.7 Å². The number of rotatable bonds is 1. The first kappa shape index (κ1) is 9.83. The van der Waals surface area contributed by atoms with Crippen molar-refractivity contribution in [2.45, 2.75) is 12.5 Å². The Hall–Kier alpha value is -1.37. The average Bonchev–Trinajstić information content (AvgIpc) is 2.56. The number of hydrogen-bond acceptors (Lipinski definition) is 3. The van der Waals surface area contributed by atoms with Gasteiger partial charge >= 0.3 is 0 Å². The van der Waals surface area contributed by atoms with Crippen LogP contribution in [0.3, 0.4) is 0 Å². The maximum Gasteiger partial charge on any atom is 0.146 e. The van der Waals surface area contributed by atoms with Gasteiger partial charge in [0.1, 0.15) is 11.2 Å². The molecule has 2 aliphatic rings. The number of fused-ring (bicyclic) bond motifs is 1. The lowest BCUT2D eigenvalue weighted by atomic mass is 9.95. The molecule has 0 aromatic carbocycles. The molecule has 16 heavy (non-hydrogen) atoms. The van der Waals surface area contributed by atoms with Crippen LogP contribution in [0.15, 0.2) is 18.3 Å². The Labute approximate surface area is 98.8 Å². The van der Waals surface area contributed by atoms with Crippen molar-refractivity contribution in [1.29, 1.82) is 5.26 Å². The number of nitrogens with one attached hydrogen (secondary N) is 1. The van der Waals surface area contributed by atoms with Gasteiger partial charge in [0.05, 0.1) is 5.56 Å². The molecule has 3 nitrogen and oxygen atoms in total. The normalized spacial score (nSPS) is 26.6. The monoisotopic (exact) mass is 231 g/mol. The van der Waals surface area contributed by atoms with Crippen LogP contribution in [0, 0.1) is 17.2 Å². The van der Waals surface area contributed by atoms with Gasteiger partial charge in [0, 0.05) is 24.7 Å². The van der Waals surface area contributed by atoms with Crippen LogP contribution in [0.4, 0.5) is 0 Å². The van der Waals surface area contributed by atoms with Gasteiger partial charge < -0.3 is 5.32 Å². The lowest BCUT2D eigenvalue weighted by Crippen LogP contribution is -2.49. The first-order valence-corrected chi connectivity index (χ1v) is 5.66. The molecule has 1 aromatic rings. The average molecular weight is 232 g/mol. The zero-order chi connectivity index (χ0) is 11.1. The fourth-order valence-electron chi connectivity index (χ4n) is 2.30. The van der Waals surface area contributed by atoms with Crippen LogP contribution in [-0.2, 0) is 0 Å². The highest BCUT2D eigenvalue weighted by atomic mass is 35.5. The third-order valence-electron chi connectivity index (χ3n) is 3.32. The maximum absolute atomic E-state index is 8.90. The molecule has 1 aliphatic carbocycles. The van der Waals surface area contributed by atoms with E-state index < -0.39 is 0 Å². The maximum atomic E-state index is 8.90. The van der Waals surface area contributed by atoms with Crippen molar-refractivity contribution in [3.05, 3.63) is 34.6 Å². The number of halogens is 1. The molecule has 0 spiro atoms. The third-order valence-corrected chi connectivity index (χ3v) is 3.62. The highest BCUT2D eigenvalue weighted by molar-refractivity contribution is 6.30. The van der Waals surface area contributed by atoms with Crippen molar-refractivity contribution in [3.8, 4) is 6.07 Å². The van der Waals surface area contributed by atoms with E-state index in [9.17, 15) is 0 Å². The van der Waals surface area contributed by atoms with E-state index in [-0.39, 0.29) is 5.15 Å². The van der Waals surface area contributed by atoms with Gasteiger partial charge in [0.15, 0.2) is 0 Å². The molecule has 1 saturated heterocycles. The molecule has 0 amide bonds. The molecular weight excluding hydrogens is 222 g/mol. The van der Waals surface area contributed by atoms with Gasteiger partial charge in [0.25, 0.3) is 0 Å². The number of nitriles is 1. The molecule has 3 rings (SSSR count). The standard InChI is InChI=1S/C12H10ClN3/c13-12-8(4-14)2-9(5-16-12)7-1-10-6-15-11(10)3-7/h1-2,5,10-11,15H,3,6H2/t10-,11-/m1/s1. The summed E-state index contributed by atoms with van der Waals surface area (Å²) in [5.41, 5.74) is 2.75. The van der Waals surface area contributed by atoms with Gasteiger partial charge in [0.2, 0.25) is 0 Å². The Kier molecular flexibility index (Phi) is 2.20. The first-order chi connectivity index (χ1) is 7.78. The molecule has 2 atom stereocenters. The summed E-state index contributed by atoms with van der Waals surface area (Å²) in [5.74, 6) is 0.663. The van der Waals surface area contributed by atoms with Gasteiger partial charge in [-0.05, 0) is 23.6 Å². The van der Waals surface area contributed by atoms with E-state index in [1.165, 1.54) is 5.57 Å². The molecule has 1 aromatic heterocycles. The molecular formula is C12H10ClN3. The minimum absolute atomic E-state index is 0.283. The topological polar surface area (TPSA) is 48.7 Å². The highest BCUT2D eigenvalue weighted by Gasteiger charge is 2.34. The number of pyridine rings is 1. The molecule has 0 radical (unpaired) electrons. The smallest absolute Gasteiger partial charge is 0.146 e. The van der Waals surface area contributed by atoms with Crippen LogP contribution < -0.4 is 5.32 Å². The van der Waals surface area contributed by atoms with E-state index in [4.69, 9.17) is 16.9 Å². The second kappa shape index (κ2) is 3.58. The van der Waals surface area contributed by atoms with Crippen LogP contribution in [0.2, 0.25) is 5.15 Å². The molecule has 1 aliphatic heterocycles. The second-order valence-corrected chi connectivity index (χ2v) is 4.61. The summed E-state index contributed by atoms with van der Waals surface area (Å²) in [6.45, 7) is 1.07. The molecule has 0 bridgehead atoms. The van der Waals surface area contributed by atoms with Crippen molar-refractivity contribution in [1.82, 2.24) is 10.3 Å². The third kappa shape index (κ3) is 1.42. The van der Waals surface area contributed by atoms with Crippen LogP contribution in [-0.4, -0.2) is 17.6 Å². The minimum atomic E-state index is 0.283. The first-order valence-electron chi connectivity index (χ1n) is 5.28. The Morgan fingerprint density at radius 1 is 1.56 bits per heavy atom. The molecule has 0 unspecified atom stereocenters. The number of aromatic nitrogens is 1. The van der Waals surface area contributed by atoms with Crippen molar-refractivity contribution in [3.63, 3.8) is 0 Å². The quantitative estimate of drug-likeness (QED) is 0.752. The predicted molar refractivity (Wildman–Crippen MR) is 61.8 cm³/mol. The van der Waals surface area contributed by atoms with Crippen molar-refractivity contribution >= 4 is 17.2 Å². The number of nitrogens with zero attached hydrogens (tertiary/aromatic N) is 2. The summed E-state index contributed by atoms with van der Waals surface area (Å²) in [5, 5.41) is 12.6. The van der Waals surface area contributed by atoms with Gasteiger partial charge in [-0.15, -0.1) is 0 Å². The van der Waals surface area contributed by atoms with Crippen LogP contribution in [0.25, 0.3) is 5.57 Å². The molecule has 2 heterocycles. The Morgan fingerprint density at radius 3 is 3.00 bits per heavy atom. The van der Waals surface area contributed by atoms with Crippen LogP contribution in [0.1, 0.15) is 17.5 Å². The lowest BCUT2D eigenvalue weighted by Gasteiger charge is -2.31. The molecule has 1 fully saturated rings. The Balaban J connectivity index is 1.96. The second-order valence-electron chi connectivity index (χ2n) is 4.25. The molecule has 80 valence electrons. The summed E-state index contributed by atoms with van der Waals surface area (Å²) >= 11 is 5.81. The predicted octanol–water partition coefficient (Wildman–Crippen LogP) is 1.98. The zero-order valence-electron chi connectivity index (χ0n) is 8.57. The van der Waals surface area contributed by atoms with Crippen molar-refractivity contribution < 1.29 is 0 Å². The summed E-state index contributed by atoms with van der Waals surface area (Å²) < 4.78 is 0. The van der Waals surface area contributed by atoms with Gasteiger partial charge in [-0.3, -0.25) is 0 Å². The largest absolute Gasteiger partial charge is 0.312 e. The molecule has 4 heteroatoms. The molecule has 0 saturated carbocycles. The van der Waals surface area contributed by atoms with Crippen molar-refractivity contribution in [2.75, 3.05) is 6.54 Å². The summed E-state index contributed by atoms with van der Waals surface area (Å²) in [4.78, 5) is 4.05. The highest BCUT2D eigenvalue weighted by Crippen LogP contribution is 2.36. The van der Waals surface area contributed by atoms with Crippen molar-refractivity contribution in [2.24, 2.45) is 5.92 Å². The van der Waals surface area contributed by atoms with E-state index in [1.807, 2.05) is 6.07 Å². The Morgan fingerprint density at radius 2 is 2.44 bits per heavy atom. The van der Waals surface area contributed by atoms with E-state index >= 15 is 0 Å². The van der Waals surface area contributed by atoms with E-state index in [2.05, 4.69) is 22.4 Å². The van der Waals surface area contributed by atoms with E-state index in [1.54, 1.807) is 6.20 Å². The van der Waals surface area contributed by atoms with Crippen LogP contribution in [0.5, 0.6) is 0 Å². The van der Waals surface area contributed by atoms with E-state index in [0.717, 1.165) is 18.5 Å². The van der Waals surface area contributed by atoms with Gasteiger partial charge in [-0.2, -0.15) is 5.26 Å². The summed E-state index contributed by atoms with van der Waals surface area (Å²) in [6, 6.07) is 4.48. The Bertz CT molecular complexity index is 515. The fraction of sp³-hybridized carbons (Fsp3) is 0.333. The summed E-state index contributed by atoms with van der Waals surface area (Å²) in [7, 11) is 0. The van der Waals surface area contributed by atoms with Crippen LogP contribution >= 0.6 is 11.6 Å². The minimum Gasteiger partial charge on any atom is -0.312 e. The van der Waals surface area contributed by atoms with Gasteiger partial charge in [-0.25, -0.2) is 4.98 Å². The number of hydrogen-bond donors (Lipinski definition) is 1. The fourth-order valence-corrected chi connectivity index (χ4v) is 2.44.